The molecule has 1 aliphatic heterocycles. The van der Waals surface area contributed by atoms with Crippen molar-refractivity contribution in [3.63, 3.8) is 0 Å². The third-order valence-electron chi connectivity index (χ3n) is 3.52. The maximum atomic E-state index is 5.61. The van der Waals surface area contributed by atoms with Crippen LogP contribution in [0.2, 0.25) is 0 Å². The van der Waals surface area contributed by atoms with Crippen LogP contribution >= 0.6 is 0 Å². The Morgan fingerprint density at radius 1 is 1.44 bits per heavy atom. The zero-order chi connectivity index (χ0) is 13.2. The molecule has 1 aliphatic rings. The van der Waals surface area contributed by atoms with E-state index in [4.69, 9.17) is 4.42 Å². The molecular weight excluding hydrogens is 224 g/mol. The minimum absolute atomic E-state index is 0.131. The van der Waals surface area contributed by atoms with E-state index in [0.717, 1.165) is 24.8 Å². The molecule has 1 fully saturated rings. The van der Waals surface area contributed by atoms with Gasteiger partial charge in [-0.05, 0) is 45.7 Å². The van der Waals surface area contributed by atoms with Crippen molar-refractivity contribution in [2.24, 2.45) is 5.92 Å². The standard InChI is InChI=1S/C15H26N2O/c1-12-5-7-17(10-12)11-13-6-8-18-14(13)9-16-15(2,3)4/h6,8,12,16H,5,7,9-11H2,1-4H3. The summed E-state index contributed by atoms with van der Waals surface area (Å²) in [6, 6.07) is 2.11. The minimum Gasteiger partial charge on any atom is -0.468 e. The quantitative estimate of drug-likeness (QED) is 0.890. The van der Waals surface area contributed by atoms with E-state index in [1.54, 1.807) is 0 Å². The second kappa shape index (κ2) is 5.45. The highest BCUT2D eigenvalue weighted by Gasteiger charge is 2.20. The number of nitrogens with one attached hydrogen (secondary N) is 1. The highest BCUT2D eigenvalue weighted by atomic mass is 16.3. The first-order valence-corrected chi connectivity index (χ1v) is 6.97. The lowest BCUT2D eigenvalue weighted by molar-refractivity contribution is 0.313. The van der Waals surface area contributed by atoms with Crippen molar-refractivity contribution in [3.05, 3.63) is 23.7 Å². The molecule has 1 aromatic heterocycles. The summed E-state index contributed by atoms with van der Waals surface area (Å²) in [5, 5.41) is 3.49. The molecule has 0 aliphatic carbocycles. The summed E-state index contributed by atoms with van der Waals surface area (Å²) in [5.41, 5.74) is 1.47. The second-order valence-corrected chi connectivity index (χ2v) is 6.60. The molecule has 0 bridgehead atoms. The van der Waals surface area contributed by atoms with Crippen LogP contribution in [0.3, 0.4) is 0 Å². The molecule has 1 saturated heterocycles. The van der Waals surface area contributed by atoms with Crippen LogP contribution in [0.15, 0.2) is 16.7 Å². The van der Waals surface area contributed by atoms with E-state index in [9.17, 15) is 0 Å². The Kier molecular flexibility index (Phi) is 4.13. The van der Waals surface area contributed by atoms with E-state index in [1.807, 2.05) is 6.26 Å². The lowest BCUT2D eigenvalue weighted by Crippen LogP contribution is -2.35. The fourth-order valence-corrected chi connectivity index (χ4v) is 2.42. The summed E-state index contributed by atoms with van der Waals surface area (Å²) in [4.78, 5) is 2.52. The number of likely N-dealkylation sites (tertiary alicyclic amines) is 1. The maximum absolute atomic E-state index is 5.61. The molecule has 0 saturated carbocycles. The SMILES string of the molecule is CC1CCN(Cc2ccoc2CNC(C)(C)C)C1. The first-order chi connectivity index (χ1) is 8.44. The van der Waals surface area contributed by atoms with E-state index < -0.39 is 0 Å². The van der Waals surface area contributed by atoms with Crippen LogP contribution in [0.25, 0.3) is 0 Å². The molecule has 3 nitrogen and oxygen atoms in total. The third-order valence-corrected chi connectivity index (χ3v) is 3.52. The zero-order valence-corrected chi connectivity index (χ0v) is 12.1. The van der Waals surface area contributed by atoms with E-state index in [-0.39, 0.29) is 5.54 Å². The normalized spacial score (nSPS) is 21.7. The van der Waals surface area contributed by atoms with Gasteiger partial charge in [0, 0.05) is 24.2 Å². The largest absolute Gasteiger partial charge is 0.468 e. The number of nitrogens with zero attached hydrogens (tertiary/aromatic N) is 1. The molecular formula is C15H26N2O. The van der Waals surface area contributed by atoms with Crippen LogP contribution in [0, 0.1) is 5.92 Å². The van der Waals surface area contributed by atoms with Gasteiger partial charge in [0.25, 0.3) is 0 Å². The van der Waals surface area contributed by atoms with Crippen molar-refractivity contribution in [2.45, 2.75) is 52.7 Å². The first kappa shape index (κ1) is 13.6. The molecule has 3 heteroatoms. The van der Waals surface area contributed by atoms with Crippen LogP contribution < -0.4 is 5.32 Å². The van der Waals surface area contributed by atoms with Gasteiger partial charge in [-0.25, -0.2) is 0 Å². The second-order valence-electron chi connectivity index (χ2n) is 6.60. The van der Waals surface area contributed by atoms with E-state index in [1.165, 1.54) is 25.1 Å². The van der Waals surface area contributed by atoms with Crippen molar-refractivity contribution in [2.75, 3.05) is 13.1 Å². The van der Waals surface area contributed by atoms with Crippen LogP contribution in [-0.4, -0.2) is 23.5 Å². The number of rotatable bonds is 4. The summed E-state index contributed by atoms with van der Waals surface area (Å²) in [5.74, 6) is 1.93. The highest BCUT2D eigenvalue weighted by Crippen LogP contribution is 2.20. The highest BCUT2D eigenvalue weighted by molar-refractivity contribution is 5.17. The van der Waals surface area contributed by atoms with Gasteiger partial charge in [0.15, 0.2) is 0 Å². The molecule has 0 amide bonds. The molecule has 1 atom stereocenters. The molecule has 1 aromatic rings. The molecule has 2 rings (SSSR count). The Hall–Kier alpha value is -0.800. The summed E-state index contributed by atoms with van der Waals surface area (Å²) in [6.07, 6.45) is 3.14. The predicted octanol–water partition coefficient (Wildman–Crippen LogP) is 3.01. The van der Waals surface area contributed by atoms with E-state index in [0.29, 0.717) is 0 Å². The molecule has 1 unspecified atom stereocenters. The molecule has 0 spiro atoms. The Balaban J connectivity index is 1.91. The lowest BCUT2D eigenvalue weighted by atomic mass is 10.1. The van der Waals surface area contributed by atoms with Crippen molar-refractivity contribution in [3.8, 4) is 0 Å². The van der Waals surface area contributed by atoms with Crippen molar-refractivity contribution >= 4 is 0 Å². The molecule has 18 heavy (non-hydrogen) atoms. The summed E-state index contributed by atoms with van der Waals surface area (Å²) in [7, 11) is 0. The van der Waals surface area contributed by atoms with Gasteiger partial charge in [0.2, 0.25) is 0 Å². The topological polar surface area (TPSA) is 28.4 Å². The predicted molar refractivity (Wildman–Crippen MR) is 74.4 cm³/mol. The van der Waals surface area contributed by atoms with Crippen molar-refractivity contribution in [1.82, 2.24) is 10.2 Å². The smallest absolute Gasteiger partial charge is 0.122 e. The zero-order valence-electron chi connectivity index (χ0n) is 12.1. The van der Waals surface area contributed by atoms with Crippen LogP contribution in [-0.2, 0) is 13.1 Å². The minimum atomic E-state index is 0.131. The van der Waals surface area contributed by atoms with Crippen LogP contribution in [0.4, 0.5) is 0 Å². The Morgan fingerprint density at radius 2 is 2.22 bits per heavy atom. The van der Waals surface area contributed by atoms with Crippen LogP contribution in [0.1, 0.15) is 45.4 Å². The number of hydrogen-bond donors (Lipinski definition) is 1. The van der Waals surface area contributed by atoms with Crippen molar-refractivity contribution in [1.29, 1.82) is 0 Å². The Bertz CT molecular complexity index is 378. The number of hydrogen-bond acceptors (Lipinski definition) is 3. The van der Waals surface area contributed by atoms with Gasteiger partial charge in [-0.15, -0.1) is 0 Å². The summed E-state index contributed by atoms with van der Waals surface area (Å²) >= 11 is 0. The maximum Gasteiger partial charge on any atom is 0.122 e. The summed E-state index contributed by atoms with van der Waals surface area (Å²) < 4.78 is 5.61. The Labute approximate surface area is 111 Å². The van der Waals surface area contributed by atoms with Gasteiger partial charge < -0.3 is 9.73 Å². The first-order valence-electron chi connectivity index (χ1n) is 6.97. The molecule has 0 radical (unpaired) electrons. The number of furan rings is 1. The van der Waals surface area contributed by atoms with E-state index in [2.05, 4.69) is 44.0 Å². The third kappa shape index (κ3) is 3.85. The van der Waals surface area contributed by atoms with Gasteiger partial charge in [-0.2, -0.15) is 0 Å². The Morgan fingerprint density at radius 3 is 2.83 bits per heavy atom. The molecule has 0 aromatic carbocycles. The molecule has 2 heterocycles. The average Bonchev–Trinajstić information content (AvgIpc) is 2.85. The summed E-state index contributed by atoms with van der Waals surface area (Å²) in [6.45, 7) is 13.2. The fourth-order valence-electron chi connectivity index (χ4n) is 2.42. The van der Waals surface area contributed by atoms with Gasteiger partial charge in [0.1, 0.15) is 5.76 Å². The monoisotopic (exact) mass is 250 g/mol. The van der Waals surface area contributed by atoms with Gasteiger partial charge in [-0.1, -0.05) is 6.92 Å². The van der Waals surface area contributed by atoms with Crippen molar-refractivity contribution < 1.29 is 4.42 Å². The fraction of sp³-hybridized carbons (Fsp3) is 0.733. The van der Waals surface area contributed by atoms with Gasteiger partial charge in [-0.3, -0.25) is 4.90 Å². The van der Waals surface area contributed by atoms with Crippen LogP contribution in [0.5, 0.6) is 0 Å². The average molecular weight is 250 g/mol. The lowest BCUT2D eigenvalue weighted by Gasteiger charge is -2.21. The van der Waals surface area contributed by atoms with Gasteiger partial charge in [0.05, 0.1) is 12.8 Å². The molecule has 1 N–H and O–H groups in total. The molecule has 102 valence electrons. The van der Waals surface area contributed by atoms with E-state index >= 15 is 0 Å². The van der Waals surface area contributed by atoms with Gasteiger partial charge >= 0.3 is 0 Å².